The number of anilines is 1. The van der Waals surface area contributed by atoms with Crippen LogP contribution < -0.4 is 5.32 Å². The van der Waals surface area contributed by atoms with Crippen LogP contribution in [0.15, 0.2) is 12.3 Å². The van der Waals surface area contributed by atoms with Crippen molar-refractivity contribution < 1.29 is 9.90 Å². The van der Waals surface area contributed by atoms with Crippen molar-refractivity contribution in [3.05, 3.63) is 23.4 Å². The molecule has 84 valence electrons. The largest absolute Gasteiger partial charge is 0.478 e. The number of carboxylic acids is 1. The Morgan fingerprint density at radius 2 is 2.13 bits per heavy atom. The van der Waals surface area contributed by atoms with E-state index in [9.17, 15) is 4.79 Å². The predicted octanol–water partition coefficient (Wildman–Crippen LogP) is 2.33. The summed E-state index contributed by atoms with van der Waals surface area (Å²) in [6.07, 6.45) is 1.36. The molecule has 0 atom stereocenters. The number of carbonyl (C=O) groups is 1. The highest BCUT2D eigenvalue weighted by Gasteiger charge is 2.07. The second-order valence-electron chi connectivity index (χ2n) is 3.49. The molecule has 0 amide bonds. The van der Waals surface area contributed by atoms with Gasteiger partial charge in [0.2, 0.25) is 0 Å². The predicted molar refractivity (Wildman–Crippen MR) is 61.9 cm³/mol. The summed E-state index contributed by atoms with van der Waals surface area (Å²) in [4.78, 5) is 14.7. The summed E-state index contributed by atoms with van der Waals surface area (Å²) in [5, 5.41) is 11.9. The van der Waals surface area contributed by atoms with E-state index in [1.54, 1.807) is 6.07 Å². The van der Waals surface area contributed by atoms with Crippen molar-refractivity contribution in [2.24, 2.45) is 0 Å². The Bertz CT molecular complexity index is 353. The number of rotatable bonds is 3. The highest BCUT2D eigenvalue weighted by atomic mass is 35.5. The first-order valence-electron chi connectivity index (χ1n) is 4.47. The molecule has 0 aliphatic rings. The molecule has 1 heterocycles. The van der Waals surface area contributed by atoms with E-state index in [1.807, 2.05) is 20.8 Å². The van der Waals surface area contributed by atoms with Crippen LogP contribution in [0.4, 0.5) is 5.82 Å². The molecule has 0 saturated heterocycles. The maximum absolute atomic E-state index is 10.6. The van der Waals surface area contributed by atoms with Gasteiger partial charge in [-0.2, -0.15) is 0 Å². The number of nitrogens with zero attached hydrogens (tertiary/aromatic N) is 1. The van der Waals surface area contributed by atoms with Crippen molar-refractivity contribution in [3.63, 3.8) is 0 Å². The van der Waals surface area contributed by atoms with E-state index in [4.69, 9.17) is 5.11 Å². The van der Waals surface area contributed by atoms with Crippen molar-refractivity contribution in [1.82, 2.24) is 4.98 Å². The van der Waals surface area contributed by atoms with Crippen LogP contribution in [0.5, 0.6) is 0 Å². The fourth-order valence-electron chi connectivity index (χ4n) is 1.12. The lowest BCUT2D eigenvalue weighted by Crippen LogP contribution is -2.12. The maximum atomic E-state index is 10.6. The van der Waals surface area contributed by atoms with Crippen LogP contribution in [0.1, 0.15) is 29.8 Å². The monoisotopic (exact) mass is 230 g/mol. The van der Waals surface area contributed by atoms with Crippen LogP contribution in [0, 0.1) is 6.92 Å². The van der Waals surface area contributed by atoms with E-state index in [-0.39, 0.29) is 24.0 Å². The van der Waals surface area contributed by atoms with Crippen LogP contribution in [0.25, 0.3) is 0 Å². The second kappa shape index (κ2) is 5.56. The van der Waals surface area contributed by atoms with Gasteiger partial charge in [-0.05, 0) is 32.4 Å². The first-order valence-corrected chi connectivity index (χ1v) is 4.47. The van der Waals surface area contributed by atoms with Gasteiger partial charge in [0.15, 0.2) is 0 Å². The third kappa shape index (κ3) is 3.75. The van der Waals surface area contributed by atoms with Crippen LogP contribution in [0.3, 0.4) is 0 Å². The Morgan fingerprint density at radius 3 is 2.53 bits per heavy atom. The number of aromatic carboxylic acids is 1. The van der Waals surface area contributed by atoms with Crippen molar-refractivity contribution in [2.45, 2.75) is 26.8 Å². The Hall–Kier alpha value is -1.29. The van der Waals surface area contributed by atoms with Crippen molar-refractivity contribution in [1.29, 1.82) is 0 Å². The average molecular weight is 231 g/mol. The van der Waals surface area contributed by atoms with Gasteiger partial charge in [-0.15, -0.1) is 12.4 Å². The summed E-state index contributed by atoms with van der Waals surface area (Å²) >= 11 is 0. The molecule has 15 heavy (non-hydrogen) atoms. The average Bonchev–Trinajstić information content (AvgIpc) is 2.07. The Morgan fingerprint density at radius 1 is 1.53 bits per heavy atom. The molecule has 1 rings (SSSR count). The zero-order valence-electron chi connectivity index (χ0n) is 8.94. The minimum Gasteiger partial charge on any atom is -0.478 e. The third-order valence-corrected chi connectivity index (χ3v) is 1.75. The first kappa shape index (κ1) is 13.7. The number of hydrogen-bond acceptors (Lipinski definition) is 3. The van der Waals surface area contributed by atoms with Gasteiger partial charge in [0, 0.05) is 12.2 Å². The minimum absolute atomic E-state index is 0. The minimum atomic E-state index is -0.948. The topological polar surface area (TPSA) is 62.2 Å². The third-order valence-electron chi connectivity index (χ3n) is 1.75. The summed E-state index contributed by atoms with van der Waals surface area (Å²) in [6.45, 7) is 5.85. The molecule has 0 spiro atoms. The van der Waals surface area contributed by atoms with Crippen LogP contribution in [-0.2, 0) is 0 Å². The van der Waals surface area contributed by atoms with Crippen molar-refractivity contribution in [2.75, 3.05) is 5.32 Å². The second-order valence-corrected chi connectivity index (χ2v) is 3.49. The summed E-state index contributed by atoms with van der Waals surface area (Å²) in [7, 11) is 0. The summed E-state index contributed by atoms with van der Waals surface area (Å²) in [5.74, 6) is -0.207. The summed E-state index contributed by atoms with van der Waals surface area (Å²) < 4.78 is 0. The molecular weight excluding hydrogens is 216 g/mol. The van der Waals surface area contributed by atoms with E-state index < -0.39 is 5.97 Å². The summed E-state index contributed by atoms with van der Waals surface area (Å²) in [6, 6.07) is 1.90. The number of aryl methyl sites for hydroxylation is 1. The fraction of sp³-hybridized carbons (Fsp3) is 0.400. The number of hydrogen-bond donors (Lipinski definition) is 2. The van der Waals surface area contributed by atoms with E-state index >= 15 is 0 Å². The van der Waals surface area contributed by atoms with Crippen molar-refractivity contribution >= 4 is 24.2 Å². The molecule has 4 nitrogen and oxygen atoms in total. The number of aromatic nitrogens is 1. The molecule has 0 aromatic carbocycles. The molecule has 1 aromatic heterocycles. The maximum Gasteiger partial charge on any atom is 0.337 e. The SMILES string of the molecule is Cc1cc(C(=O)O)cnc1NC(C)C.Cl. The normalized spacial score (nSPS) is 9.60. The quantitative estimate of drug-likeness (QED) is 0.837. The van der Waals surface area contributed by atoms with Gasteiger partial charge >= 0.3 is 5.97 Å². The fourth-order valence-corrected chi connectivity index (χ4v) is 1.12. The molecule has 0 radical (unpaired) electrons. The number of nitrogens with one attached hydrogen (secondary N) is 1. The molecule has 0 aliphatic carbocycles. The van der Waals surface area contributed by atoms with Gasteiger partial charge in [-0.25, -0.2) is 9.78 Å². The molecule has 2 N–H and O–H groups in total. The van der Waals surface area contributed by atoms with Gasteiger partial charge in [0.25, 0.3) is 0 Å². The first-order chi connectivity index (χ1) is 6.50. The van der Waals surface area contributed by atoms with Crippen LogP contribution in [-0.4, -0.2) is 22.1 Å². The smallest absolute Gasteiger partial charge is 0.337 e. The van der Waals surface area contributed by atoms with E-state index in [0.29, 0.717) is 0 Å². The lowest BCUT2D eigenvalue weighted by atomic mass is 10.2. The molecule has 0 saturated carbocycles. The van der Waals surface area contributed by atoms with E-state index in [0.717, 1.165) is 11.4 Å². The van der Waals surface area contributed by atoms with Gasteiger partial charge in [-0.1, -0.05) is 0 Å². The zero-order chi connectivity index (χ0) is 10.7. The van der Waals surface area contributed by atoms with Gasteiger partial charge in [-0.3, -0.25) is 0 Å². The van der Waals surface area contributed by atoms with Gasteiger partial charge < -0.3 is 10.4 Å². The lowest BCUT2D eigenvalue weighted by Gasteiger charge is -2.11. The number of pyridine rings is 1. The molecule has 0 aliphatic heterocycles. The lowest BCUT2D eigenvalue weighted by molar-refractivity contribution is 0.0696. The molecule has 0 unspecified atom stereocenters. The zero-order valence-corrected chi connectivity index (χ0v) is 9.76. The van der Waals surface area contributed by atoms with E-state index in [1.165, 1.54) is 6.20 Å². The molecular formula is C10H15ClN2O2. The highest BCUT2D eigenvalue weighted by molar-refractivity contribution is 5.87. The van der Waals surface area contributed by atoms with Gasteiger partial charge in [0.05, 0.1) is 5.56 Å². The Balaban J connectivity index is 0.00000196. The standard InChI is InChI=1S/C10H14N2O2.ClH/c1-6(2)12-9-7(3)4-8(5-11-9)10(13)14;/h4-6H,1-3H3,(H,11,12)(H,13,14);1H. The Labute approximate surface area is 95.1 Å². The molecule has 1 aromatic rings. The number of carboxylic acid groups (broad SMARTS) is 1. The van der Waals surface area contributed by atoms with Crippen LogP contribution >= 0.6 is 12.4 Å². The number of halogens is 1. The van der Waals surface area contributed by atoms with Crippen molar-refractivity contribution in [3.8, 4) is 0 Å². The summed E-state index contributed by atoms with van der Waals surface area (Å²) in [5.41, 5.74) is 1.07. The van der Waals surface area contributed by atoms with Crippen LogP contribution in [0.2, 0.25) is 0 Å². The van der Waals surface area contributed by atoms with Gasteiger partial charge in [0.1, 0.15) is 5.82 Å². The molecule has 5 heteroatoms. The molecule has 0 bridgehead atoms. The Kier molecular flexibility index (Phi) is 5.08. The highest BCUT2D eigenvalue weighted by Crippen LogP contribution is 2.13. The molecule has 0 fully saturated rings. The van der Waals surface area contributed by atoms with E-state index in [2.05, 4.69) is 10.3 Å².